The highest BCUT2D eigenvalue weighted by Crippen LogP contribution is 2.12. The molecule has 21 heavy (non-hydrogen) atoms. The van der Waals surface area contributed by atoms with Gasteiger partial charge in [0.25, 0.3) is 0 Å². The maximum atomic E-state index is 12.0. The first-order chi connectivity index (χ1) is 10.1. The summed E-state index contributed by atoms with van der Waals surface area (Å²) in [5.41, 5.74) is 1.60. The molecule has 0 aliphatic rings. The number of pyridine rings is 1. The lowest BCUT2D eigenvalue weighted by molar-refractivity contribution is -0.131. The van der Waals surface area contributed by atoms with Gasteiger partial charge in [-0.3, -0.25) is 14.6 Å². The number of nitrogens with one attached hydrogen (secondary N) is 1. The Balaban J connectivity index is 1.84. The number of ether oxygens (including phenoxy) is 1. The van der Waals surface area contributed by atoms with Gasteiger partial charge in [-0.2, -0.15) is 0 Å². The number of aromatic nitrogens is 1. The topological polar surface area (TPSA) is 68.3 Å². The van der Waals surface area contributed by atoms with Gasteiger partial charge in [-0.1, -0.05) is 6.07 Å². The number of carbonyl (C=O) groups is 2. The molecule has 0 fully saturated rings. The first kappa shape index (κ1) is 14.9. The van der Waals surface area contributed by atoms with E-state index in [9.17, 15) is 9.59 Å². The van der Waals surface area contributed by atoms with Crippen LogP contribution in [0.4, 0.5) is 0 Å². The third-order valence-corrected chi connectivity index (χ3v) is 2.78. The van der Waals surface area contributed by atoms with Crippen LogP contribution in [0, 0.1) is 0 Å². The summed E-state index contributed by atoms with van der Waals surface area (Å²) in [6, 6.07) is 10.3. The molecule has 0 spiro atoms. The van der Waals surface area contributed by atoms with E-state index in [1.165, 1.54) is 6.92 Å². The molecule has 0 unspecified atom stereocenters. The Kier molecular flexibility index (Phi) is 5.17. The van der Waals surface area contributed by atoms with Crippen molar-refractivity contribution < 1.29 is 14.3 Å². The largest absolute Gasteiger partial charge is 0.427 e. The van der Waals surface area contributed by atoms with E-state index in [2.05, 4.69) is 10.3 Å². The average molecular weight is 284 g/mol. The van der Waals surface area contributed by atoms with E-state index in [0.29, 0.717) is 17.9 Å². The van der Waals surface area contributed by atoms with E-state index in [4.69, 9.17) is 4.74 Å². The van der Waals surface area contributed by atoms with Crippen LogP contribution < -0.4 is 10.1 Å². The average Bonchev–Trinajstić information content (AvgIpc) is 2.48. The number of Topliss-reactive ketones (excluding diaryl/α,β-unsaturated/α-hetero) is 1. The van der Waals surface area contributed by atoms with Gasteiger partial charge in [-0.05, 0) is 35.9 Å². The van der Waals surface area contributed by atoms with Crippen molar-refractivity contribution in [3.63, 3.8) is 0 Å². The van der Waals surface area contributed by atoms with Crippen molar-refractivity contribution >= 4 is 11.8 Å². The maximum Gasteiger partial charge on any atom is 0.308 e. The number of hydrogen-bond donors (Lipinski definition) is 1. The number of rotatable bonds is 6. The second-order valence-electron chi connectivity index (χ2n) is 4.51. The van der Waals surface area contributed by atoms with Crippen LogP contribution in [0.2, 0.25) is 0 Å². The summed E-state index contributed by atoms with van der Waals surface area (Å²) in [4.78, 5) is 26.8. The van der Waals surface area contributed by atoms with E-state index >= 15 is 0 Å². The fourth-order valence-electron chi connectivity index (χ4n) is 1.80. The van der Waals surface area contributed by atoms with Crippen molar-refractivity contribution in [1.29, 1.82) is 0 Å². The molecule has 2 aromatic rings. The zero-order valence-corrected chi connectivity index (χ0v) is 11.7. The summed E-state index contributed by atoms with van der Waals surface area (Å²) in [5, 5.41) is 3.07. The summed E-state index contributed by atoms with van der Waals surface area (Å²) < 4.78 is 4.92. The Morgan fingerprint density at radius 1 is 1.19 bits per heavy atom. The van der Waals surface area contributed by atoms with Gasteiger partial charge >= 0.3 is 5.97 Å². The van der Waals surface area contributed by atoms with Crippen LogP contribution in [0.15, 0.2) is 48.8 Å². The SMILES string of the molecule is CC(=O)Oc1ccc(C(=O)CNCc2cccnc2)cc1. The van der Waals surface area contributed by atoms with Crippen molar-refractivity contribution in [1.82, 2.24) is 10.3 Å². The molecule has 1 heterocycles. The standard InChI is InChI=1S/C16H16N2O3/c1-12(19)21-15-6-4-14(5-7-15)16(20)11-18-10-13-3-2-8-17-9-13/h2-9,18H,10-11H2,1H3. The molecule has 1 N–H and O–H groups in total. The van der Waals surface area contributed by atoms with Gasteiger partial charge < -0.3 is 10.1 Å². The predicted octanol–water partition coefficient (Wildman–Crippen LogP) is 1.98. The molecule has 1 aromatic heterocycles. The highest BCUT2D eigenvalue weighted by molar-refractivity contribution is 5.97. The van der Waals surface area contributed by atoms with Gasteiger partial charge in [0, 0.05) is 31.4 Å². The van der Waals surface area contributed by atoms with Crippen LogP contribution in [0.5, 0.6) is 5.75 Å². The predicted molar refractivity (Wildman–Crippen MR) is 78.0 cm³/mol. The lowest BCUT2D eigenvalue weighted by Gasteiger charge is -2.05. The summed E-state index contributed by atoms with van der Waals surface area (Å²) >= 11 is 0. The van der Waals surface area contributed by atoms with Crippen molar-refractivity contribution in [3.05, 3.63) is 59.9 Å². The molecule has 5 nitrogen and oxygen atoms in total. The molecule has 0 saturated heterocycles. The quantitative estimate of drug-likeness (QED) is 0.499. The second-order valence-corrected chi connectivity index (χ2v) is 4.51. The molecule has 0 aliphatic carbocycles. The highest BCUT2D eigenvalue weighted by Gasteiger charge is 2.06. The van der Waals surface area contributed by atoms with E-state index in [-0.39, 0.29) is 18.3 Å². The van der Waals surface area contributed by atoms with Crippen LogP contribution in [-0.2, 0) is 11.3 Å². The van der Waals surface area contributed by atoms with Gasteiger partial charge in [0.05, 0.1) is 6.54 Å². The van der Waals surface area contributed by atoms with Crippen molar-refractivity contribution in [2.24, 2.45) is 0 Å². The van der Waals surface area contributed by atoms with Gasteiger partial charge in [-0.25, -0.2) is 0 Å². The fourth-order valence-corrected chi connectivity index (χ4v) is 1.80. The van der Waals surface area contributed by atoms with Gasteiger partial charge in [-0.15, -0.1) is 0 Å². The van der Waals surface area contributed by atoms with Crippen molar-refractivity contribution in [3.8, 4) is 5.75 Å². The minimum Gasteiger partial charge on any atom is -0.427 e. The van der Waals surface area contributed by atoms with E-state index in [1.54, 1.807) is 36.7 Å². The number of benzene rings is 1. The minimum absolute atomic E-state index is 0.0201. The first-order valence-electron chi connectivity index (χ1n) is 6.56. The Hall–Kier alpha value is -2.53. The molecule has 0 saturated carbocycles. The normalized spacial score (nSPS) is 10.1. The zero-order valence-electron chi connectivity index (χ0n) is 11.7. The molecule has 2 rings (SSSR count). The minimum atomic E-state index is -0.382. The molecule has 108 valence electrons. The highest BCUT2D eigenvalue weighted by atomic mass is 16.5. The van der Waals surface area contributed by atoms with Gasteiger partial charge in [0.15, 0.2) is 5.78 Å². The second kappa shape index (κ2) is 7.31. The van der Waals surface area contributed by atoms with Crippen LogP contribution in [0.1, 0.15) is 22.8 Å². The molecular formula is C16H16N2O3. The lowest BCUT2D eigenvalue weighted by atomic mass is 10.1. The van der Waals surface area contributed by atoms with Crippen molar-refractivity contribution in [2.75, 3.05) is 6.54 Å². The van der Waals surface area contributed by atoms with Crippen LogP contribution in [0.25, 0.3) is 0 Å². The third-order valence-electron chi connectivity index (χ3n) is 2.78. The lowest BCUT2D eigenvalue weighted by Crippen LogP contribution is -2.22. The summed E-state index contributed by atoms with van der Waals surface area (Å²) in [7, 11) is 0. The molecule has 0 amide bonds. The van der Waals surface area contributed by atoms with E-state index < -0.39 is 0 Å². The maximum absolute atomic E-state index is 12.0. The van der Waals surface area contributed by atoms with Gasteiger partial charge in [0.2, 0.25) is 0 Å². The first-order valence-corrected chi connectivity index (χ1v) is 6.56. The Morgan fingerprint density at radius 2 is 1.95 bits per heavy atom. The number of hydrogen-bond acceptors (Lipinski definition) is 5. The van der Waals surface area contributed by atoms with Crippen molar-refractivity contribution in [2.45, 2.75) is 13.5 Å². The Morgan fingerprint density at radius 3 is 2.57 bits per heavy atom. The molecule has 0 radical (unpaired) electrons. The number of carbonyl (C=O) groups excluding carboxylic acids is 2. The summed E-state index contributed by atoms with van der Waals surface area (Å²) in [6.07, 6.45) is 3.46. The number of esters is 1. The monoisotopic (exact) mass is 284 g/mol. The number of ketones is 1. The fraction of sp³-hybridized carbons (Fsp3) is 0.188. The van der Waals surface area contributed by atoms with Crippen LogP contribution in [0.3, 0.4) is 0 Å². The Bertz CT molecular complexity index is 609. The smallest absolute Gasteiger partial charge is 0.308 e. The third kappa shape index (κ3) is 4.81. The van der Waals surface area contributed by atoms with E-state index in [1.807, 2.05) is 12.1 Å². The molecule has 0 aliphatic heterocycles. The molecule has 0 bridgehead atoms. The zero-order chi connectivity index (χ0) is 15.1. The molecule has 0 atom stereocenters. The Labute approximate surface area is 123 Å². The van der Waals surface area contributed by atoms with Crippen LogP contribution >= 0.6 is 0 Å². The summed E-state index contributed by atoms with van der Waals surface area (Å²) in [5.74, 6) is 0.0304. The molecule has 1 aromatic carbocycles. The number of nitrogens with zero attached hydrogens (tertiary/aromatic N) is 1. The molecule has 5 heteroatoms. The summed E-state index contributed by atoms with van der Waals surface area (Å²) in [6.45, 7) is 2.16. The van der Waals surface area contributed by atoms with Gasteiger partial charge in [0.1, 0.15) is 5.75 Å². The molecular weight excluding hydrogens is 268 g/mol. The van der Waals surface area contributed by atoms with Crippen LogP contribution in [-0.4, -0.2) is 23.3 Å². The van der Waals surface area contributed by atoms with E-state index in [0.717, 1.165) is 5.56 Å².